The monoisotopic (exact) mass is 211 g/mol. The number of aryl methyl sites for hydroxylation is 2. The number of hydrogen-bond donors (Lipinski definition) is 2. The first-order valence-electron chi connectivity index (χ1n) is 5.46. The number of aliphatic hydroxyl groups excluding tert-OH is 1. The van der Waals surface area contributed by atoms with Crippen molar-refractivity contribution in [3.8, 4) is 0 Å². The molecule has 3 N–H and O–H groups in total. The Labute approximate surface area is 91.1 Å². The lowest BCUT2D eigenvalue weighted by Gasteiger charge is -2.21. The smallest absolute Gasteiger partial charge is 0.0628 e. The van der Waals surface area contributed by atoms with Crippen molar-refractivity contribution in [3.63, 3.8) is 0 Å². The van der Waals surface area contributed by atoms with Gasteiger partial charge < -0.3 is 10.8 Å². The number of rotatable bonds is 5. The summed E-state index contributed by atoms with van der Waals surface area (Å²) in [5.74, 6) is 0.216. The van der Waals surface area contributed by atoms with Crippen LogP contribution in [-0.2, 0) is 7.05 Å². The van der Waals surface area contributed by atoms with Gasteiger partial charge in [-0.25, -0.2) is 0 Å². The van der Waals surface area contributed by atoms with Crippen molar-refractivity contribution in [1.82, 2.24) is 9.78 Å². The van der Waals surface area contributed by atoms with E-state index in [2.05, 4.69) is 12.0 Å². The number of aromatic nitrogens is 2. The number of hydrogen-bond acceptors (Lipinski definition) is 3. The van der Waals surface area contributed by atoms with Crippen molar-refractivity contribution in [2.75, 3.05) is 6.61 Å². The van der Waals surface area contributed by atoms with Crippen LogP contribution in [-0.4, -0.2) is 27.5 Å². The van der Waals surface area contributed by atoms with E-state index in [1.807, 2.05) is 20.2 Å². The maximum atomic E-state index is 9.06. The molecule has 4 nitrogen and oxygen atoms in total. The van der Waals surface area contributed by atoms with E-state index in [9.17, 15) is 0 Å². The standard InChI is InChI=1S/C11H21N3O/c1-4-11(12)9(5-6-15)10-7-14(3)13-8(10)2/h7,9,11,15H,4-6,12H2,1-3H3. The van der Waals surface area contributed by atoms with Gasteiger partial charge in [-0.1, -0.05) is 6.92 Å². The summed E-state index contributed by atoms with van der Waals surface area (Å²) in [6.45, 7) is 4.23. The Hall–Kier alpha value is -0.870. The van der Waals surface area contributed by atoms with Crippen LogP contribution in [0.3, 0.4) is 0 Å². The first kappa shape index (κ1) is 12.2. The van der Waals surface area contributed by atoms with Crippen LogP contribution in [0.2, 0.25) is 0 Å². The molecular weight excluding hydrogens is 190 g/mol. The highest BCUT2D eigenvalue weighted by Crippen LogP contribution is 2.25. The van der Waals surface area contributed by atoms with E-state index in [1.54, 1.807) is 4.68 Å². The molecule has 0 aliphatic heterocycles. The highest BCUT2D eigenvalue weighted by molar-refractivity contribution is 5.22. The van der Waals surface area contributed by atoms with Gasteiger partial charge in [0.15, 0.2) is 0 Å². The highest BCUT2D eigenvalue weighted by atomic mass is 16.3. The van der Waals surface area contributed by atoms with Gasteiger partial charge in [0.2, 0.25) is 0 Å². The Balaban J connectivity index is 2.92. The molecule has 1 heterocycles. The molecule has 1 aromatic heterocycles. The molecule has 2 unspecified atom stereocenters. The molecule has 86 valence electrons. The van der Waals surface area contributed by atoms with Gasteiger partial charge in [0.1, 0.15) is 0 Å². The fourth-order valence-corrected chi connectivity index (χ4v) is 2.01. The molecule has 0 aliphatic rings. The van der Waals surface area contributed by atoms with Crippen molar-refractivity contribution in [1.29, 1.82) is 0 Å². The zero-order valence-corrected chi connectivity index (χ0v) is 9.77. The Morgan fingerprint density at radius 1 is 1.60 bits per heavy atom. The summed E-state index contributed by atoms with van der Waals surface area (Å²) in [6, 6.07) is 0.0973. The molecule has 0 fully saturated rings. The Bertz CT molecular complexity index is 309. The molecule has 0 amide bonds. The minimum atomic E-state index is 0.0973. The first-order chi connectivity index (χ1) is 7.10. The lowest BCUT2D eigenvalue weighted by Crippen LogP contribution is -2.28. The summed E-state index contributed by atoms with van der Waals surface area (Å²) in [5, 5.41) is 13.4. The minimum Gasteiger partial charge on any atom is -0.396 e. The van der Waals surface area contributed by atoms with Crippen molar-refractivity contribution in [2.45, 2.75) is 38.6 Å². The molecule has 0 bridgehead atoms. The predicted molar refractivity (Wildman–Crippen MR) is 60.7 cm³/mol. The summed E-state index contributed by atoms with van der Waals surface area (Å²) < 4.78 is 1.80. The quantitative estimate of drug-likeness (QED) is 0.761. The summed E-state index contributed by atoms with van der Waals surface area (Å²) >= 11 is 0. The van der Waals surface area contributed by atoms with Gasteiger partial charge in [-0.15, -0.1) is 0 Å². The fourth-order valence-electron chi connectivity index (χ4n) is 2.01. The van der Waals surface area contributed by atoms with Gasteiger partial charge in [-0.2, -0.15) is 5.10 Å². The molecule has 0 aliphatic carbocycles. The third-order valence-electron chi connectivity index (χ3n) is 2.88. The average Bonchev–Trinajstić information content (AvgIpc) is 2.53. The van der Waals surface area contributed by atoms with Gasteiger partial charge in [0.05, 0.1) is 5.69 Å². The van der Waals surface area contributed by atoms with Gasteiger partial charge in [-0.3, -0.25) is 4.68 Å². The van der Waals surface area contributed by atoms with Crippen LogP contribution >= 0.6 is 0 Å². The van der Waals surface area contributed by atoms with Crippen molar-refractivity contribution in [2.24, 2.45) is 12.8 Å². The summed E-state index contributed by atoms with van der Waals surface area (Å²) in [4.78, 5) is 0. The predicted octanol–water partition coefficient (Wildman–Crippen LogP) is 0.932. The SMILES string of the molecule is CCC(N)C(CCO)c1cn(C)nc1C. The van der Waals surface area contributed by atoms with Crippen molar-refractivity contribution < 1.29 is 5.11 Å². The Morgan fingerprint density at radius 3 is 2.67 bits per heavy atom. The van der Waals surface area contributed by atoms with E-state index in [1.165, 1.54) is 5.56 Å². The maximum absolute atomic E-state index is 9.06. The molecule has 0 spiro atoms. The van der Waals surface area contributed by atoms with Gasteiger partial charge >= 0.3 is 0 Å². The van der Waals surface area contributed by atoms with E-state index in [0.717, 1.165) is 12.1 Å². The summed E-state index contributed by atoms with van der Waals surface area (Å²) in [5.41, 5.74) is 8.25. The second kappa shape index (κ2) is 5.28. The van der Waals surface area contributed by atoms with Crippen molar-refractivity contribution in [3.05, 3.63) is 17.5 Å². The van der Waals surface area contributed by atoms with E-state index in [4.69, 9.17) is 10.8 Å². The maximum Gasteiger partial charge on any atom is 0.0628 e. The van der Waals surface area contributed by atoms with E-state index in [-0.39, 0.29) is 18.6 Å². The van der Waals surface area contributed by atoms with Crippen LogP contribution in [0.25, 0.3) is 0 Å². The first-order valence-corrected chi connectivity index (χ1v) is 5.46. The number of nitrogens with two attached hydrogens (primary N) is 1. The average molecular weight is 211 g/mol. The zero-order chi connectivity index (χ0) is 11.4. The van der Waals surface area contributed by atoms with E-state index < -0.39 is 0 Å². The van der Waals surface area contributed by atoms with E-state index in [0.29, 0.717) is 6.42 Å². The number of nitrogens with zero attached hydrogens (tertiary/aromatic N) is 2. The highest BCUT2D eigenvalue weighted by Gasteiger charge is 2.21. The largest absolute Gasteiger partial charge is 0.396 e. The molecule has 0 aromatic carbocycles. The van der Waals surface area contributed by atoms with Crippen LogP contribution < -0.4 is 5.73 Å². The van der Waals surface area contributed by atoms with Crippen LogP contribution in [0.1, 0.15) is 36.9 Å². The Morgan fingerprint density at radius 2 is 2.27 bits per heavy atom. The van der Waals surface area contributed by atoms with Crippen molar-refractivity contribution >= 4 is 0 Å². The summed E-state index contributed by atoms with van der Waals surface area (Å²) in [7, 11) is 1.91. The van der Waals surface area contributed by atoms with Crippen LogP contribution in [0.5, 0.6) is 0 Å². The van der Waals surface area contributed by atoms with Crippen LogP contribution in [0.15, 0.2) is 6.20 Å². The van der Waals surface area contributed by atoms with Gasteiger partial charge in [0.25, 0.3) is 0 Å². The van der Waals surface area contributed by atoms with Gasteiger partial charge in [-0.05, 0) is 25.3 Å². The third kappa shape index (κ3) is 2.79. The van der Waals surface area contributed by atoms with E-state index >= 15 is 0 Å². The van der Waals surface area contributed by atoms with Crippen LogP contribution in [0, 0.1) is 6.92 Å². The van der Waals surface area contributed by atoms with Gasteiger partial charge in [0, 0.05) is 31.8 Å². The topological polar surface area (TPSA) is 64.1 Å². The molecule has 0 radical (unpaired) electrons. The lowest BCUT2D eigenvalue weighted by molar-refractivity contribution is 0.266. The normalized spacial score (nSPS) is 15.3. The summed E-state index contributed by atoms with van der Waals surface area (Å²) in [6.07, 6.45) is 3.63. The zero-order valence-electron chi connectivity index (χ0n) is 9.77. The second-order valence-corrected chi connectivity index (χ2v) is 4.03. The molecule has 2 atom stereocenters. The molecule has 4 heteroatoms. The fraction of sp³-hybridized carbons (Fsp3) is 0.727. The molecule has 0 saturated carbocycles. The van der Waals surface area contributed by atoms with Crippen LogP contribution in [0.4, 0.5) is 0 Å². The molecule has 0 saturated heterocycles. The molecule has 1 aromatic rings. The lowest BCUT2D eigenvalue weighted by atomic mass is 9.88. The molecule has 1 rings (SSSR count). The number of aliphatic hydroxyl groups is 1. The second-order valence-electron chi connectivity index (χ2n) is 4.03. The minimum absolute atomic E-state index is 0.0973. The molecular formula is C11H21N3O. The Kier molecular flexibility index (Phi) is 4.29. The molecule has 15 heavy (non-hydrogen) atoms. The third-order valence-corrected chi connectivity index (χ3v) is 2.88.